The lowest BCUT2D eigenvalue weighted by molar-refractivity contribution is -0.134. The van der Waals surface area contributed by atoms with Crippen molar-refractivity contribution in [1.82, 2.24) is 34.5 Å². The number of anilines is 5. The van der Waals surface area contributed by atoms with E-state index in [1.165, 1.54) is 4.57 Å². The molecule has 10 rings (SSSR count). The monoisotopic (exact) mass is 869 g/mol. The van der Waals surface area contributed by atoms with Crippen molar-refractivity contribution in [3.63, 3.8) is 0 Å². The van der Waals surface area contributed by atoms with Crippen molar-refractivity contribution >= 4 is 74.0 Å². The Hall–Kier alpha value is -5.55. The van der Waals surface area contributed by atoms with E-state index in [4.69, 9.17) is 26.4 Å². The first-order valence-corrected chi connectivity index (χ1v) is 22.0. The Morgan fingerprint density at radius 2 is 1.77 bits per heavy atom. The van der Waals surface area contributed by atoms with Crippen LogP contribution in [-0.4, -0.2) is 105 Å². The number of fused-ring (bicyclic) bond motifs is 4. The van der Waals surface area contributed by atoms with Gasteiger partial charge in [0, 0.05) is 82.8 Å². The van der Waals surface area contributed by atoms with Crippen molar-refractivity contribution in [2.45, 2.75) is 62.8 Å². The zero-order valence-electron chi connectivity index (χ0n) is 34.8. The molecule has 0 spiro atoms. The van der Waals surface area contributed by atoms with Crippen LogP contribution in [-0.2, 0) is 23.7 Å². The Morgan fingerprint density at radius 3 is 2.56 bits per heavy atom. The number of aryl methyl sites for hydroxylation is 2. The van der Waals surface area contributed by atoms with Gasteiger partial charge in [-0.3, -0.25) is 29.3 Å². The van der Waals surface area contributed by atoms with Crippen LogP contribution in [0.2, 0.25) is 5.02 Å². The van der Waals surface area contributed by atoms with Gasteiger partial charge in [-0.15, -0.1) is 0 Å². The summed E-state index contributed by atoms with van der Waals surface area (Å²) in [6.07, 6.45) is 6.88. The molecule has 62 heavy (non-hydrogen) atoms. The highest BCUT2D eigenvalue weighted by atomic mass is 35.5. The first-order valence-electron chi connectivity index (χ1n) is 21.7. The molecule has 1 unspecified atom stereocenters. The topological polar surface area (TPSA) is 155 Å². The van der Waals surface area contributed by atoms with Crippen LogP contribution in [0.25, 0.3) is 21.8 Å². The zero-order chi connectivity index (χ0) is 42.9. The van der Waals surface area contributed by atoms with Gasteiger partial charge in [0.2, 0.25) is 23.5 Å². The highest BCUT2D eigenvalue weighted by Gasteiger charge is 2.51. The number of hydrogen-bond donors (Lipinski definition) is 3. The molecule has 0 radical (unpaired) electrons. The number of amides is 2. The number of imide groups is 1. The van der Waals surface area contributed by atoms with E-state index in [1.54, 1.807) is 19.3 Å². The number of piperidine rings is 1. The number of nitrogens with one attached hydrogen (secondary N) is 3. The van der Waals surface area contributed by atoms with E-state index in [0.29, 0.717) is 65.0 Å². The molecule has 0 bridgehead atoms. The second-order valence-corrected chi connectivity index (χ2v) is 18.0. The van der Waals surface area contributed by atoms with E-state index in [-0.39, 0.29) is 29.2 Å². The van der Waals surface area contributed by atoms with Crippen molar-refractivity contribution in [3.8, 4) is 5.75 Å². The number of carbonyl (C=O) groups is 2. The predicted molar refractivity (Wildman–Crippen MR) is 234 cm³/mol. The van der Waals surface area contributed by atoms with Gasteiger partial charge >= 0.3 is 5.92 Å². The molecular weight excluding hydrogens is 820 g/mol. The molecule has 3 N–H and O–H groups in total. The van der Waals surface area contributed by atoms with Crippen LogP contribution >= 0.6 is 11.6 Å². The van der Waals surface area contributed by atoms with Crippen molar-refractivity contribution in [2.75, 3.05) is 72.9 Å². The lowest BCUT2D eigenvalue weighted by Gasteiger charge is -2.37. The number of halogens is 3. The van der Waals surface area contributed by atoms with Crippen LogP contribution in [0.1, 0.15) is 56.6 Å². The lowest BCUT2D eigenvalue weighted by Crippen LogP contribution is -2.48. The Bertz CT molecular complexity index is 2640. The highest BCUT2D eigenvalue weighted by Crippen LogP contribution is 2.46. The first kappa shape index (κ1) is 40.5. The van der Waals surface area contributed by atoms with Gasteiger partial charge in [0.1, 0.15) is 5.02 Å². The van der Waals surface area contributed by atoms with Gasteiger partial charge in [-0.05, 0) is 74.6 Å². The van der Waals surface area contributed by atoms with Crippen LogP contribution in [0.3, 0.4) is 0 Å². The molecule has 2 aromatic carbocycles. The fraction of sp³-hybridized carbons (Fsp3) is 0.500. The van der Waals surface area contributed by atoms with Gasteiger partial charge in [-0.2, -0.15) is 10.1 Å². The minimum atomic E-state index is -3.13. The summed E-state index contributed by atoms with van der Waals surface area (Å²) in [4.78, 5) is 54.5. The van der Waals surface area contributed by atoms with E-state index in [9.17, 15) is 14.4 Å². The Labute approximate surface area is 361 Å². The lowest BCUT2D eigenvalue weighted by atomic mass is 9.92. The normalized spacial score (nSPS) is 23.3. The van der Waals surface area contributed by atoms with Crippen molar-refractivity contribution in [3.05, 3.63) is 63.7 Å². The standard InChI is InChI=1S/C44H50ClF2N11O4/c1-54-32-12-10-27(21-30(32)36-38(42(54)61)62-24-44(46,47)39(51-36)26-8-9-26)49-40-31(45)22-48-43(52-40)58-15-4-5-25(14-16-58)23-56-17-19-57(20-18-56)33-7-3-6-28-35(53-55(2)37(28)33)29-11-13-34(59)50-41(29)60/h3,6-7,10,12,21-22,25-26,29,39,51H,4-5,8-9,11,13-20,23-24H2,1-2H3,(H,48,49,52)(H,50,59,60)/t25-,29?,39+/m1/s1. The largest absolute Gasteiger partial charge is 0.480 e. The van der Waals surface area contributed by atoms with Crippen LogP contribution in [0.15, 0.2) is 47.4 Å². The number of piperazine rings is 1. The second kappa shape index (κ2) is 16.0. The third-order valence-electron chi connectivity index (χ3n) is 13.4. The van der Waals surface area contributed by atoms with E-state index >= 15 is 8.78 Å². The molecule has 2 amide bonds. The number of hydrogen-bond acceptors (Lipinski definition) is 12. The summed E-state index contributed by atoms with van der Waals surface area (Å²) in [6.45, 7) is 5.41. The number of alkyl halides is 2. The predicted octanol–water partition coefficient (Wildman–Crippen LogP) is 5.78. The summed E-state index contributed by atoms with van der Waals surface area (Å²) >= 11 is 6.67. The molecule has 1 saturated carbocycles. The molecule has 5 aromatic rings. The summed E-state index contributed by atoms with van der Waals surface area (Å²) in [5.41, 5.74) is 3.86. The zero-order valence-corrected chi connectivity index (χ0v) is 35.6. The molecule has 18 heteroatoms. The summed E-state index contributed by atoms with van der Waals surface area (Å²) in [5.74, 6) is -2.84. The number of benzene rings is 2. The SMILES string of the molecule is Cn1nc(C2CCC(=O)NC2=O)c2cccc(N3CCN(C[C@@H]4CCCN(c5ncc(Cl)c(Nc6ccc7c(c6)c6c(c(=O)n7C)OCC(F)(F)[C@H](C7CC7)N6)n5)CC4)CC3)c21. The first-order chi connectivity index (χ1) is 29.9. The minimum absolute atomic E-state index is 0.105. The molecule has 15 nitrogen and oxygen atoms in total. The van der Waals surface area contributed by atoms with E-state index < -0.39 is 30.0 Å². The van der Waals surface area contributed by atoms with Crippen LogP contribution in [0, 0.1) is 11.8 Å². The number of pyridine rings is 1. The van der Waals surface area contributed by atoms with E-state index in [1.807, 2.05) is 36.0 Å². The number of para-hydroxylation sites is 1. The van der Waals surface area contributed by atoms with Gasteiger partial charge in [-0.1, -0.05) is 23.7 Å². The number of rotatable bonds is 8. The summed E-state index contributed by atoms with van der Waals surface area (Å²) in [7, 11) is 3.53. The third-order valence-corrected chi connectivity index (χ3v) is 13.7. The molecule has 3 aromatic heterocycles. The maximum atomic E-state index is 15.2. The molecular formula is C44H50ClF2N11O4. The van der Waals surface area contributed by atoms with Crippen molar-refractivity contribution in [2.24, 2.45) is 25.9 Å². The summed E-state index contributed by atoms with van der Waals surface area (Å²) in [6, 6.07) is 10.5. The summed E-state index contributed by atoms with van der Waals surface area (Å²) in [5, 5.41) is 15.5. The van der Waals surface area contributed by atoms with Gasteiger partial charge in [0.15, 0.2) is 12.4 Å². The quantitative estimate of drug-likeness (QED) is 0.162. The van der Waals surface area contributed by atoms with E-state index in [2.05, 4.69) is 41.7 Å². The molecule has 7 heterocycles. The molecule has 4 fully saturated rings. The average Bonchev–Trinajstić information content (AvgIpc) is 4.09. The average molecular weight is 870 g/mol. The Kier molecular flexibility index (Phi) is 10.4. The van der Waals surface area contributed by atoms with Gasteiger partial charge in [0.25, 0.3) is 5.56 Å². The van der Waals surface area contributed by atoms with Crippen LogP contribution in [0.4, 0.5) is 37.6 Å². The smallest absolute Gasteiger partial charge is 0.301 e. The molecule has 4 aliphatic heterocycles. The second-order valence-electron chi connectivity index (χ2n) is 17.6. The number of ether oxygens (including phenoxy) is 1. The fourth-order valence-corrected chi connectivity index (χ4v) is 10.1. The number of aromatic nitrogens is 5. The van der Waals surface area contributed by atoms with Crippen molar-refractivity contribution < 1.29 is 23.1 Å². The minimum Gasteiger partial charge on any atom is -0.480 e. The molecule has 3 atom stereocenters. The van der Waals surface area contributed by atoms with Crippen LogP contribution in [0.5, 0.6) is 5.75 Å². The Balaban J connectivity index is 0.789. The fourth-order valence-electron chi connectivity index (χ4n) is 9.92. The summed E-state index contributed by atoms with van der Waals surface area (Å²) < 4.78 is 39.2. The molecule has 1 aliphatic carbocycles. The van der Waals surface area contributed by atoms with Crippen molar-refractivity contribution in [1.29, 1.82) is 0 Å². The highest BCUT2D eigenvalue weighted by molar-refractivity contribution is 6.33. The number of nitrogens with zero attached hydrogens (tertiary/aromatic N) is 8. The molecule has 3 saturated heterocycles. The van der Waals surface area contributed by atoms with Crippen LogP contribution < -0.4 is 36.0 Å². The van der Waals surface area contributed by atoms with E-state index in [0.717, 1.165) is 87.4 Å². The maximum Gasteiger partial charge on any atom is 0.301 e. The van der Waals surface area contributed by atoms with Gasteiger partial charge < -0.3 is 29.7 Å². The molecule has 326 valence electrons. The van der Waals surface area contributed by atoms with Gasteiger partial charge in [0.05, 0.1) is 46.3 Å². The van der Waals surface area contributed by atoms with Gasteiger partial charge in [-0.25, -0.2) is 13.8 Å². The number of carbonyl (C=O) groups excluding carboxylic acids is 2. The third kappa shape index (κ3) is 7.56. The molecule has 5 aliphatic rings. The maximum absolute atomic E-state index is 15.2. The Morgan fingerprint density at radius 1 is 0.952 bits per heavy atom.